The summed E-state index contributed by atoms with van der Waals surface area (Å²) in [6.45, 7) is -0.0974. The Balaban J connectivity index is 2.16. The lowest BCUT2D eigenvalue weighted by Crippen LogP contribution is -2.34. The molecule has 2 N–H and O–H groups in total. The molecule has 0 spiro atoms. The Labute approximate surface area is 122 Å². The van der Waals surface area contributed by atoms with Gasteiger partial charge in [0.2, 0.25) is 0 Å². The van der Waals surface area contributed by atoms with Gasteiger partial charge in [0.05, 0.1) is 17.6 Å². The quantitative estimate of drug-likeness (QED) is 0.838. The lowest BCUT2D eigenvalue weighted by molar-refractivity contribution is -0.137. The maximum absolute atomic E-state index is 12.1. The van der Waals surface area contributed by atoms with Crippen LogP contribution in [0.25, 0.3) is 10.9 Å². The largest absolute Gasteiger partial charge is 0.481 e. The molecule has 0 saturated carbocycles. The molecule has 0 bridgehead atoms. The van der Waals surface area contributed by atoms with E-state index >= 15 is 0 Å². The van der Waals surface area contributed by atoms with Crippen LogP contribution in [0.4, 0.5) is 5.69 Å². The summed E-state index contributed by atoms with van der Waals surface area (Å²) in [6.07, 6.45) is 1.41. The fourth-order valence-electron chi connectivity index (χ4n) is 1.74. The number of hydrogen-bond donors (Lipinski definition) is 2. The number of aromatic nitrogens is 1. The van der Waals surface area contributed by atoms with Gasteiger partial charge in [-0.15, -0.1) is 0 Å². The number of aliphatic carboxylic acids is 1. The van der Waals surface area contributed by atoms with Crippen molar-refractivity contribution in [2.24, 2.45) is 0 Å². The van der Waals surface area contributed by atoms with Crippen molar-refractivity contribution >= 4 is 32.8 Å². The zero-order valence-corrected chi connectivity index (χ0v) is 12.2. The second-order valence-electron chi connectivity index (χ2n) is 4.48. The van der Waals surface area contributed by atoms with Gasteiger partial charge in [0.15, 0.2) is 0 Å². The van der Waals surface area contributed by atoms with Gasteiger partial charge in [-0.1, -0.05) is 6.07 Å². The third-order valence-electron chi connectivity index (χ3n) is 2.90. The Bertz CT molecular complexity index is 761. The van der Waals surface area contributed by atoms with Crippen molar-refractivity contribution in [1.29, 1.82) is 0 Å². The van der Waals surface area contributed by atoms with E-state index in [1.54, 1.807) is 30.5 Å². The summed E-state index contributed by atoms with van der Waals surface area (Å²) in [7, 11) is -2.45. The Morgan fingerprint density at radius 1 is 1.38 bits per heavy atom. The molecular weight excluding hydrogens is 294 g/mol. The molecule has 21 heavy (non-hydrogen) atoms. The average Bonchev–Trinajstić information content (AvgIpc) is 2.44. The lowest BCUT2D eigenvalue weighted by atomic mass is 10.2. The molecular formula is C13H15N3O4S. The van der Waals surface area contributed by atoms with Crippen LogP contribution < -0.4 is 4.72 Å². The van der Waals surface area contributed by atoms with Gasteiger partial charge < -0.3 is 5.11 Å². The van der Waals surface area contributed by atoms with Crippen molar-refractivity contribution in [2.75, 3.05) is 18.3 Å². The topological polar surface area (TPSA) is 99.6 Å². The van der Waals surface area contributed by atoms with Gasteiger partial charge in [0.1, 0.15) is 0 Å². The summed E-state index contributed by atoms with van der Waals surface area (Å²) in [4.78, 5) is 14.6. The number of fused-ring (bicyclic) bond motifs is 1. The SMILES string of the molecule is CN(CCC(=O)O)S(=O)(=O)Nc1ccc2ncccc2c1. The minimum atomic E-state index is -3.78. The molecule has 0 fully saturated rings. The van der Waals surface area contributed by atoms with E-state index in [1.807, 2.05) is 6.07 Å². The van der Waals surface area contributed by atoms with E-state index in [9.17, 15) is 13.2 Å². The van der Waals surface area contributed by atoms with Gasteiger partial charge in [0, 0.05) is 25.2 Å². The number of nitrogens with one attached hydrogen (secondary N) is 1. The first-order chi connectivity index (χ1) is 9.88. The molecule has 8 heteroatoms. The van der Waals surface area contributed by atoms with Gasteiger partial charge in [0.25, 0.3) is 0 Å². The number of carbonyl (C=O) groups is 1. The highest BCUT2D eigenvalue weighted by Crippen LogP contribution is 2.18. The molecule has 112 valence electrons. The molecule has 0 unspecified atom stereocenters. The minimum absolute atomic E-state index is 0.0974. The van der Waals surface area contributed by atoms with Crippen LogP contribution in [-0.2, 0) is 15.0 Å². The van der Waals surface area contributed by atoms with E-state index in [1.165, 1.54) is 7.05 Å². The molecule has 0 radical (unpaired) electrons. The van der Waals surface area contributed by atoms with Crippen LogP contribution >= 0.6 is 0 Å². The third kappa shape index (κ3) is 3.89. The standard InChI is InChI=1S/C13H15N3O4S/c1-16(8-6-13(17)18)21(19,20)15-11-4-5-12-10(9-11)3-2-7-14-12/h2-5,7,9,15H,6,8H2,1H3,(H,17,18). The molecule has 2 rings (SSSR count). The highest BCUT2D eigenvalue weighted by Gasteiger charge is 2.18. The number of nitrogens with zero attached hydrogens (tertiary/aromatic N) is 2. The second-order valence-corrected chi connectivity index (χ2v) is 6.26. The van der Waals surface area contributed by atoms with Crippen molar-refractivity contribution in [2.45, 2.75) is 6.42 Å². The summed E-state index contributed by atoms with van der Waals surface area (Å²) in [6, 6.07) is 8.58. The van der Waals surface area contributed by atoms with E-state index in [4.69, 9.17) is 5.11 Å². The number of anilines is 1. The minimum Gasteiger partial charge on any atom is -0.481 e. The number of benzene rings is 1. The molecule has 7 nitrogen and oxygen atoms in total. The highest BCUT2D eigenvalue weighted by molar-refractivity contribution is 7.90. The summed E-state index contributed by atoms with van der Waals surface area (Å²) in [5.74, 6) is -1.05. The first-order valence-corrected chi connectivity index (χ1v) is 7.63. The van der Waals surface area contributed by atoms with Crippen LogP contribution in [0.5, 0.6) is 0 Å². The number of hydrogen-bond acceptors (Lipinski definition) is 4. The van der Waals surface area contributed by atoms with Crippen LogP contribution in [0.1, 0.15) is 6.42 Å². The van der Waals surface area contributed by atoms with E-state index < -0.39 is 16.2 Å². The van der Waals surface area contributed by atoms with Crippen molar-refractivity contribution < 1.29 is 18.3 Å². The number of rotatable bonds is 6. The van der Waals surface area contributed by atoms with Crippen LogP contribution in [-0.4, -0.2) is 42.4 Å². The normalized spacial score (nSPS) is 11.7. The molecule has 0 atom stereocenters. The zero-order chi connectivity index (χ0) is 15.5. The smallest absolute Gasteiger partial charge is 0.304 e. The predicted molar refractivity (Wildman–Crippen MR) is 79.2 cm³/mol. The van der Waals surface area contributed by atoms with Crippen molar-refractivity contribution in [3.63, 3.8) is 0 Å². The van der Waals surface area contributed by atoms with Gasteiger partial charge in [-0.3, -0.25) is 14.5 Å². The molecule has 1 aromatic carbocycles. The van der Waals surface area contributed by atoms with E-state index in [2.05, 4.69) is 9.71 Å². The van der Waals surface area contributed by atoms with E-state index in [0.717, 1.165) is 15.2 Å². The first kappa shape index (κ1) is 15.2. The Hall–Kier alpha value is -2.19. The van der Waals surface area contributed by atoms with Crippen LogP contribution in [0.15, 0.2) is 36.5 Å². The Morgan fingerprint density at radius 2 is 2.14 bits per heavy atom. The van der Waals surface area contributed by atoms with Gasteiger partial charge in [-0.2, -0.15) is 12.7 Å². The maximum atomic E-state index is 12.1. The Morgan fingerprint density at radius 3 is 2.86 bits per heavy atom. The summed E-state index contributed by atoms with van der Waals surface area (Å²) >= 11 is 0. The molecule has 1 aromatic heterocycles. The van der Waals surface area contributed by atoms with Crippen molar-refractivity contribution in [3.8, 4) is 0 Å². The molecule has 0 aliphatic rings. The molecule has 0 saturated heterocycles. The number of carboxylic acids is 1. The van der Waals surface area contributed by atoms with Crippen molar-refractivity contribution in [3.05, 3.63) is 36.5 Å². The van der Waals surface area contributed by atoms with E-state index in [-0.39, 0.29) is 13.0 Å². The molecule has 0 aliphatic carbocycles. The van der Waals surface area contributed by atoms with Gasteiger partial charge in [-0.05, 0) is 24.3 Å². The molecule has 1 heterocycles. The summed E-state index contributed by atoms with van der Waals surface area (Å²) in [5, 5.41) is 9.40. The zero-order valence-electron chi connectivity index (χ0n) is 11.4. The second kappa shape index (κ2) is 6.06. The third-order valence-corrected chi connectivity index (χ3v) is 4.40. The van der Waals surface area contributed by atoms with Crippen molar-refractivity contribution in [1.82, 2.24) is 9.29 Å². The van der Waals surface area contributed by atoms with Crippen LogP contribution in [0, 0.1) is 0 Å². The average molecular weight is 309 g/mol. The van der Waals surface area contributed by atoms with Crippen LogP contribution in [0.2, 0.25) is 0 Å². The summed E-state index contributed by atoms with van der Waals surface area (Å²) < 4.78 is 27.5. The monoisotopic (exact) mass is 309 g/mol. The molecule has 0 aliphatic heterocycles. The molecule has 2 aromatic rings. The lowest BCUT2D eigenvalue weighted by Gasteiger charge is -2.17. The number of carboxylic acid groups (broad SMARTS) is 1. The summed E-state index contributed by atoms with van der Waals surface area (Å²) in [5.41, 5.74) is 1.16. The first-order valence-electron chi connectivity index (χ1n) is 6.19. The predicted octanol–water partition coefficient (Wildman–Crippen LogP) is 1.30. The maximum Gasteiger partial charge on any atom is 0.304 e. The molecule has 0 amide bonds. The van der Waals surface area contributed by atoms with Gasteiger partial charge >= 0.3 is 16.2 Å². The number of pyridine rings is 1. The Kier molecular flexibility index (Phi) is 4.39. The highest BCUT2D eigenvalue weighted by atomic mass is 32.2. The fraction of sp³-hybridized carbons (Fsp3) is 0.231. The van der Waals surface area contributed by atoms with E-state index in [0.29, 0.717) is 5.69 Å². The van der Waals surface area contributed by atoms with Gasteiger partial charge in [-0.25, -0.2) is 0 Å². The van der Waals surface area contributed by atoms with Crippen LogP contribution in [0.3, 0.4) is 0 Å². The fourth-order valence-corrected chi connectivity index (χ4v) is 2.65.